The Balaban J connectivity index is 1.73. The van der Waals surface area contributed by atoms with E-state index < -0.39 is 10.0 Å². The van der Waals surface area contributed by atoms with Crippen LogP contribution in [0.15, 0.2) is 71.6 Å². The molecular weight excluding hydrogens is 393 g/mol. The highest BCUT2D eigenvalue weighted by molar-refractivity contribution is 7.92. The van der Waals surface area contributed by atoms with Crippen LogP contribution in [0.1, 0.15) is 5.56 Å². The maximum absolute atomic E-state index is 12.5. The molecule has 0 saturated carbocycles. The van der Waals surface area contributed by atoms with Crippen molar-refractivity contribution >= 4 is 38.9 Å². The maximum Gasteiger partial charge on any atom is 0.261 e. The first-order chi connectivity index (χ1) is 12.3. The molecule has 0 aliphatic rings. The van der Waals surface area contributed by atoms with Crippen molar-refractivity contribution in [3.63, 3.8) is 0 Å². The van der Waals surface area contributed by atoms with Crippen molar-refractivity contribution in [1.29, 1.82) is 0 Å². The normalized spacial score (nSPS) is 11.2. The number of benzene rings is 3. The number of rotatable bonds is 5. The maximum atomic E-state index is 12.5. The number of aryl methyl sites for hydroxylation is 1. The van der Waals surface area contributed by atoms with E-state index in [1.807, 2.05) is 6.92 Å². The lowest BCUT2D eigenvalue weighted by Gasteiger charge is -2.10. The Morgan fingerprint density at radius 2 is 1.42 bits per heavy atom. The molecule has 1 N–H and O–H groups in total. The van der Waals surface area contributed by atoms with Gasteiger partial charge in [-0.1, -0.05) is 29.3 Å². The van der Waals surface area contributed by atoms with Crippen molar-refractivity contribution in [3.8, 4) is 11.5 Å². The number of hydrogen-bond donors (Lipinski definition) is 1. The Bertz CT molecular complexity index is 1020. The zero-order chi connectivity index (χ0) is 18.7. The second-order valence-corrected chi connectivity index (χ2v) is 8.12. The van der Waals surface area contributed by atoms with Crippen molar-refractivity contribution in [1.82, 2.24) is 0 Å². The number of hydrogen-bond acceptors (Lipinski definition) is 3. The minimum atomic E-state index is -3.72. The van der Waals surface area contributed by atoms with Gasteiger partial charge in [0.25, 0.3) is 10.0 Å². The average Bonchev–Trinajstić information content (AvgIpc) is 2.61. The number of nitrogens with one attached hydrogen (secondary N) is 1. The summed E-state index contributed by atoms with van der Waals surface area (Å²) in [6, 6.07) is 18.2. The summed E-state index contributed by atoms with van der Waals surface area (Å²) in [5.41, 5.74) is 1.24. The molecule has 3 aromatic rings. The van der Waals surface area contributed by atoms with Crippen LogP contribution in [0.5, 0.6) is 11.5 Å². The molecule has 0 atom stereocenters. The Hall–Kier alpha value is -2.21. The van der Waals surface area contributed by atoms with E-state index in [4.69, 9.17) is 27.9 Å². The summed E-state index contributed by atoms with van der Waals surface area (Å²) in [5, 5.41) is 1.03. The average molecular weight is 408 g/mol. The van der Waals surface area contributed by atoms with Crippen molar-refractivity contribution in [2.75, 3.05) is 4.72 Å². The number of halogens is 2. The van der Waals surface area contributed by atoms with Crippen LogP contribution in [0.2, 0.25) is 10.0 Å². The smallest absolute Gasteiger partial charge is 0.261 e. The van der Waals surface area contributed by atoms with Gasteiger partial charge in [-0.15, -0.1) is 0 Å². The Morgan fingerprint density at radius 1 is 0.846 bits per heavy atom. The van der Waals surface area contributed by atoms with Gasteiger partial charge in [0.1, 0.15) is 11.5 Å². The van der Waals surface area contributed by atoms with E-state index in [9.17, 15) is 8.42 Å². The summed E-state index contributed by atoms with van der Waals surface area (Å²) >= 11 is 11.9. The van der Waals surface area contributed by atoms with Gasteiger partial charge in [0, 0.05) is 15.7 Å². The first kappa shape index (κ1) is 18.6. The zero-order valence-electron chi connectivity index (χ0n) is 13.7. The van der Waals surface area contributed by atoms with E-state index in [0.717, 1.165) is 5.56 Å². The van der Waals surface area contributed by atoms with E-state index in [-0.39, 0.29) is 4.90 Å². The molecule has 0 amide bonds. The standard InChI is InChI=1S/C19H15Cl2NO3S/c1-13-2-11-18(12-19(13)21)26(23,24)22-15-5-9-17(10-6-15)25-16-7-3-14(20)4-8-16/h2-12,22H,1H3. The van der Waals surface area contributed by atoms with Crippen LogP contribution < -0.4 is 9.46 Å². The molecule has 0 radical (unpaired) electrons. The van der Waals surface area contributed by atoms with Gasteiger partial charge in [-0.3, -0.25) is 4.72 Å². The SMILES string of the molecule is Cc1ccc(S(=O)(=O)Nc2ccc(Oc3ccc(Cl)cc3)cc2)cc1Cl. The third-order valence-corrected chi connectivity index (χ3v) is 5.65. The summed E-state index contributed by atoms with van der Waals surface area (Å²) in [7, 11) is -3.72. The van der Waals surface area contributed by atoms with Crippen molar-refractivity contribution in [2.45, 2.75) is 11.8 Å². The molecule has 0 spiro atoms. The van der Waals surface area contributed by atoms with Crippen LogP contribution in [0.4, 0.5) is 5.69 Å². The molecule has 0 bridgehead atoms. The fraction of sp³-hybridized carbons (Fsp3) is 0.0526. The number of anilines is 1. The second-order valence-electron chi connectivity index (χ2n) is 5.60. The largest absolute Gasteiger partial charge is 0.457 e. The van der Waals surface area contributed by atoms with Crippen LogP contribution in [-0.2, 0) is 10.0 Å². The molecule has 0 aromatic heterocycles. The Kier molecular flexibility index (Phi) is 5.41. The third kappa shape index (κ3) is 4.49. The highest BCUT2D eigenvalue weighted by Crippen LogP contribution is 2.26. The summed E-state index contributed by atoms with van der Waals surface area (Å²) in [6.07, 6.45) is 0. The molecule has 4 nitrogen and oxygen atoms in total. The fourth-order valence-electron chi connectivity index (χ4n) is 2.18. The molecule has 3 aromatic carbocycles. The Labute approximate surface area is 162 Å². The third-order valence-electron chi connectivity index (χ3n) is 3.61. The van der Waals surface area contributed by atoms with Gasteiger partial charge in [0.05, 0.1) is 4.90 Å². The molecule has 0 fully saturated rings. The van der Waals surface area contributed by atoms with Crippen molar-refractivity contribution in [3.05, 3.63) is 82.3 Å². The molecule has 26 heavy (non-hydrogen) atoms. The first-order valence-corrected chi connectivity index (χ1v) is 9.90. The summed E-state index contributed by atoms with van der Waals surface area (Å²) < 4.78 is 33.1. The lowest BCUT2D eigenvalue weighted by atomic mass is 10.2. The van der Waals surface area contributed by atoms with Crippen LogP contribution in [0.25, 0.3) is 0 Å². The fourth-order valence-corrected chi connectivity index (χ4v) is 3.64. The predicted molar refractivity (Wildman–Crippen MR) is 105 cm³/mol. The zero-order valence-corrected chi connectivity index (χ0v) is 16.1. The van der Waals surface area contributed by atoms with Crippen LogP contribution >= 0.6 is 23.2 Å². The molecule has 0 aliphatic carbocycles. The summed E-state index contributed by atoms with van der Waals surface area (Å²) in [5.74, 6) is 1.21. The van der Waals surface area contributed by atoms with Crippen LogP contribution in [0, 0.1) is 6.92 Å². The topological polar surface area (TPSA) is 55.4 Å². The van der Waals surface area contributed by atoms with E-state index in [1.165, 1.54) is 12.1 Å². The minimum Gasteiger partial charge on any atom is -0.457 e. The van der Waals surface area contributed by atoms with Gasteiger partial charge in [0.2, 0.25) is 0 Å². The second kappa shape index (κ2) is 7.58. The van der Waals surface area contributed by atoms with E-state index in [2.05, 4.69) is 4.72 Å². The lowest BCUT2D eigenvalue weighted by Crippen LogP contribution is -2.12. The van der Waals surface area contributed by atoms with E-state index >= 15 is 0 Å². The van der Waals surface area contributed by atoms with Gasteiger partial charge in [-0.2, -0.15) is 0 Å². The minimum absolute atomic E-state index is 0.106. The summed E-state index contributed by atoms with van der Waals surface area (Å²) in [6.45, 7) is 1.81. The number of ether oxygens (including phenoxy) is 1. The highest BCUT2D eigenvalue weighted by Gasteiger charge is 2.15. The first-order valence-electron chi connectivity index (χ1n) is 7.66. The van der Waals surface area contributed by atoms with Crippen molar-refractivity contribution in [2.24, 2.45) is 0 Å². The molecule has 134 valence electrons. The molecular formula is C19H15Cl2NO3S. The highest BCUT2D eigenvalue weighted by atomic mass is 35.5. The molecule has 0 heterocycles. The van der Waals surface area contributed by atoms with Crippen LogP contribution in [0.3, 0.4) is 0 Å². The molecule has 0 unspecified atom stereocenters. The predicted octanol–water partition coefficient (Wildman–Crippen LogP) is 5.89. The monoisotopic (exact) mass is 407 g/mol. The molecule has 0 saturated heterocycles. The number of sulfonamides is 1. The lowest BCUT2D eigenvalue weighted by molar-refractivity contribution is 0.483. The molecule has 7 heteroatoms. The Morgan fingerprint density at radius 3 is 2.00 bits per heavy atom. The summed E-state index contributed by atoms with van der Waals surface area (Å²) in [4.78, 5) is 0.106. The van der Waals surface area contributed by atoms with Gasteiger partial charge in [-0.25, -0.2) is 8.42 Å². The molecule has 3 rings (SSSR count). The quantitative estimate of drug-likeness (QED) is 0.572. The van der Waals surface area contributed by atoms with E-state index in [0.29, 0.717) is 27.2 Å². The van der Waals surface area contributed by atoms with Gasteiger partial charge in [0.15, 0.2) is 0 Å². The van der Waals surface area contributed by atoms with E-state index in [1.54, 1.807) is 54.6 Å². The van der Waals surface area contributed by atoms with Crippen molar-refractivity contribution < 1.29 is 13.2 Å². The van der Waals surface area contributed by atoms with Crippen LogP contribution in [-0.4, -0.2) is 8.42 Å². The van der Waals surface area contributed by atoms with Gasteiger partial charge in [-0.05, 0) is 73.2 Å². The van der Waals surface area contributed by atoms with Gasteiger partial charge < -0.3 is 4.74 Å². The van der Waals surface area contributed by atoms with Gasteiger partial charge >= 0.3 is 0 Å². The molecule has 0 aliphatic heterocycles.